The van der Waals surface area contributed by atoms with Crippen LogP contribution >= 0.6 is 11.8 Å². The number of thioether (sulfide) groups is 1. The molecule has 214 valence electrons. The summed E-state index contributed by atoms with van der Waals surface area (Å²) < 4.78 is 35.4. The first-order valence-corrected chi connectivity index (χ1v) is 16.1. The number of carboxylic acids is 1. The molecule has 3 rings (SSSR count). The van der Waals surface area contributed by atoms with E-state index in [0.717, 1.165) is 52.8 Å². The van der Waals surface area contributed by atoms with Gasteiger partial charge in [-0.25, -0.2) is 13.0 Å². The Labute approximate surface area is 236 Å². The van der Waals surface area contributed by atoms with Crippen molar-refractivity contribution in [3.63, 3.8) is 0 Å². The number of hydrogen-bond donors (Lipinski definition) is 1. The molecule has 0 saturated carbocycles. The van der Waals surface area contributed by atoms with Crippen LogP contribution in [0.3, 0.4) is 0 Å². The van der Waals surface area contributed by atoms with Gasteiger partial charge in [0.05, 0.1) is 27.6 Å². The van der Waals surface area contributed by atoms with Gasteiger partial charge in [-0.15, -0.1) is 11.8 Å². The van der Waals surface area contributed by atoms with E-state index in [9.17, 15) is 17.8 Å². The average molecular weight is 577 g/mol. The van der Waals surface area contributed by atoms with Crippen LogP contribution in [0.25, 0.3) is 0 Å². The van der Waals surface area contributed by atoms with Crippen molar-refractivity contribution in [2.75, 3.05) is 18.6 Å². The lowest BCUT2D eigenvalue weighted by Gasteiger charge is -2.25. The number of rotatable bonds is 13. The van der Waals surface area contributed by atoms with Gasteiger partial charge >= 0.3 is 11.8 Å². The number of nitrogens with zero attached hydrogens (tertiary/aromatic N) is 4. The summed E-state index contributed by atoms with van der Waals surface area (Å²) in [7, 11) is -4.27. The largest absolute Gasteiger partial charge is 0.748 e. The van der Waals surface area contributed by atoms with Crippen molar-refractivity contribution in [3.8, 4) is 0 Å². The van der Waals surface area contributed by atoms with Crippen LogP contribution in [0.5, 0.6) is 0 Å². The number of pyridine rings is 1. The number of aryl methyl sites for hydroxylation is 1. The zero-order valence-electron chi connectivity index (χ0n) is 23.7. The number of carboxylic acid groups (broad SMARTS) is 1. The van der Waals surface area contributed by atoms with Crippen LogP contribution in [0.1, 0.15) is 72.3 Å². The lowest BCUT2D eigenvalue weighted by atomic mass is 9.82. The van der Waals surface area contributed by atoms with E-state index in [0.29, 0.717) is 13.0 Å². The molecule has 2 aliphatic rings. The number of hydrogen-bond acceptors (Lipinski definition) is 8. The first kappa shape index (κ1) is 31.0. The Morgan fingerprint density at radius 2 is 1.90 bits per heavy atom. The van der Waals surface area contributed by atoms with Crippen molar-refractivity contribution in [1.82, 2.24) is 5.01 Å². The van der Waals surface area contributed by atoms with E-state index in [4.69, 9.17) is 10.1 Å². The highest BCUT2D eigenvalue weighted by atomic mass is 32.2. The van der Waals surface area contributed by atoms with Gasteiger partial charge in [-0.2, -0.15) is 5.10 Å². The maximum atomic E-state index is 11.1. The van der Waals surface area contributed by atoms with Crippen molar-refractivity contribution in [2.45, 2.75) is 83.6 Å². The maximum Gasteiger partial charge on any atom is 0.327 e. The molecule has 0 saturated heterocycles. The first-order chi connectivity index (χ1) is 18.2. The molecule has 1 N–H and O–H groups in total. The van der Waals surface area contributed by atoms with Crippen LogP contribution in [0, 0.1) is 5.41 Å². The number of hydrazone groups is 1. The Morgan fingerprint density at radius 1 is 1.18 bits per heavy atom. The molecule has 0 aromatic carbocycles. The van der Waals surface area contributed by atoms with Crippen molar-refractivity contribution in [1.29, 1.82) is 0 Å². The SMILES string of the molecule is CSc1cc2c([n+](CCCCCC(=O)O)c1)N=C(/C=C/C=C1/N(CCCS(=O)(=O)[O-])N=C(C)C1(C)C)C2(C)C. The third-order valence-corrected chi connectivity index (χ3v) is 9.00. The fourth-order valence-corrected chi connectivity index (χ4v) is 5.76. The Hall–Kier alpha value is -2.50. The number of allylic oxidation sites excluding steroid dienone is 4. The predicted molar refractivity (Wildman–Crippen MR) is 155 cm³/mol. The van der Waals surface area contributed by atoms with Gasteiger partial charge in [0.1, 0.15) is 6.20 Å². The van der Waals surface area contributed by atoms with E-state index in [1.165, 1.54) is 0 Å². The molecule has 0 aliphatic carbocycles. The standard InChI is InChI=1S/C28H40N4O5S2/c1-20-27(2,3)24(32(30-20)16-11-17-39(35,36)37)13-10-12-23-28(4,5)22-18-21(38-6)19-31(26(22)29-23)15-9-7-8-14-25(33)34/h10,12-13,18-19H,7-9,11,14-17H2,1-6H3,(H-,33,34,35,36,37). The number of fused-ring (bicyclic) bond motifs is 1. The van der Waals surface area contributed by atoms with E-state index >= 15 is 0 Å². The predicted octanol–water partition coefficient (Wildman–Crippen LogP) is 4.80. The normalized spacial score (nSPS) is 19.1. The second kappa shape index (κ2) is 12.3. The average Bonchev–Trinajstić information content (AvgIpc) is 3.21. The summed E-state index contributed by atoms with van der Waals surface area (Å²) >= 11 is 1.69. The number of carbonyl (C=O) groups is 1. The van der Waals surface area contributed by atoms with Gasteiger partial charge < -0.3 is 9.66 Å². The Balaban J connectivity index is 1.83. The van der Waals surface area contributed by atoms with Crippen LogP contribution in [0.4, 0.5) is 5.82 Å². The van der Waals surface area contributed by atoms with Crippen molar-refractivity contribution >= 4 is 45.1 Å². The van der Waals surface area contributed by atoms with Crippen LogP contribution in [-0.2, 0) is 26.9 Å². The number of aromatic nitrogens is 1. The van der Waals surface area contributed by atoms with Crippen LogP contribution < -0.4 is 4.57 Å². The molecule has 0 unspecified atom stereocenters. The third kappa shape index (κ3) is 7.58. The van der Waals surface area contributed by atoms with Gasteiger partial charge in [0.15, 0.2) is 5.71 Å². The summed E-state index contributed by atoms with van der Waals surface area (Å²) in [5.41, 5.74) is 3.33. The zero-order valence-corrected chi connectivity index (χ0v) is 25.4. The summed E-state index contributed by atoms with van der Waals surface area (Å²) in [6, 6.07) is 2.20. The second-order valence-corrected chi connectivity index (χ2v) is 13.5. The van der Waals surface area contributed by atoms with Crippen LogP contribution in [-0.4, -0.2) is 59.0 Å². The molecule has 0 radical (unpaired) electrons. The number of aliphatic carboxylic acids is 1. The highest BCUT2D eigenvalue weighted by molar-refractivity contribution is 7.98. The van der Waals surface area contributed by atoms with Gasteiger partial charge in [-0.1, -0.05) is 6.08 Å². The lowest BCUT2D eigenvalue weighted by molar-refractivity contribution is -0.686. The monoisotopic (exact) mass is 576 g/mol. The zero-order chi connectivity index (χ0) is 29.0. The van der Waals surface area contributed by atoms with Crippen LogP contribution in [0.15, 0.2) is 51.2 Å². The lowest BCUT2D eigenvalue weighted by Crippen LogP contribution is -2.35. The maximum absolute atomic E-state index is 11.1. The Bertz CT molecular complexity index is 1330. The van der Waals surface area contributed by atoms with Gasteiger partial charge in [0, 0.05) is 40.4 Å². The van der Waals surface area contributed by atoms with Gasteiger partial charge in [0.2, 0.25) is 0 Å². The van der Waals surface area contributed by atoms with E-state index in [-0.39, 0.29) is 23.7 Å². The smallest absolute Gasteiger partial charge is 0.327 e. The molecule has 39 heavy (non-hydrogen) atoms. The molecule has 9 nitrogen and oxygen atoms in total. The van der Waals surface area contributed by atoms with E-state index in [2.05, 4.69) is 55.9 Å². The van der Waals surface area contributed by atoms with E-state index < -0.39 is 21.8 Å². The highest BCUT2D eigenvalue weighted by Gasteiger charge is 2.42. The molecule has 1 aromatic heterocycles. The van der Waals surface area contributed by atoms with Gasteiger partial charge in [0.25, 0.3) is 0 Å². The molecule has 1 aromatic rings. The van der Waals surface area contributed by atoms with Crippen molar-refractivity contribution in [3.05, 3.63) is 41.8 Å². The molecular weight excluding hydrogens is 536 g/mol. The van der Waals surface area contributed by atoms with E-state index in [1.807, 2.05) is 25.2 Å². The van der Waals surface area contributed by atoms with Crippen LogP contribution in [0.2, 0.25) is 0 Å². The first-order valence-electron chi connectivity index (χ1n) is 13.3. The number of unbranched alkanes of at least 4 members (excludes halogenated alkanes) is 2. The summed E-state index contributed by atoms with van der Waals surface area (Å²) in [5.74, 6) is -0.237. The molecule has 11 heteroatoms. The third-order valence-electron chi connectivity index (χ3n) is 7.51. The summed E-state index contributed by atoms with van der Waals surface area (Å²) in [5, 5.41) is 15.3. The summed E-state index contributed by atoms with van der Waals surface area (Å²) in [6.07, 6.45) is 13.0. The minimum absolute atomic E-state index is 0.194. The quantitative estimate of drug-likeness (QED) is 0.155. The highest BCUT2D eigenvalue weighted by Crippen LogP contribution is 2.40. The van der Waals surface area contributed by atoms with Crippen molar-refractivity contribution in [2.24, 2.45) is 15.5 Å². The minimum atomic E-state index is -4.27. The topological polar surface area (TPSA) is 126 Å². The molecule has 0 spiro atoms. The molecule has 0 amide bonds. The molecule has 0 atom stereocenters. The molecule has 0 fully saturated rings. The summed E-state index contributed by atoms with van der Waals surface area (Å²) in [6.45, 7) is 11.6. The molecule has 3 heterocycles. The van der Waals surface area contributed by atoms with E-state index in [1.54, 1.807) is 16.8 Å². The second-order valence-electron chi connectivity index (χ2n) is 11.1. The molecule has 2 aliphatic heterocycles. The minimum Gasteiger partial charge on any atom is -0.748 e. The number of aliphatic imine (C=N–C) groups is 1. The molecular formula is C28H40N4O5S2. The van der Waals surface area contributed by atoms with Gasteiger partial charge in [-0.05, 0) is 89.8 Å². The Morgan fingerprint density at radius 3 is 2.54 bits per heavy atom. The molecule has 0 bridgehead atoms. The van der Waals surface area contributed by atoms with Gasteiger partial charge in [-0.3, -0.25) is 9.80 Å². The van der Waals surface area contributed by atoms with Crippen molar-refractivity contribution < 1.29 is 27.4 Å². The summed E-state index contributed by atoms with van der Waals surface area (Å²) in [4.78, 5) is 17.0. The fraction of sp³-hybridized carbons (Fsp3) is 0.571. The fourth-order valence-electron chi connectivity index (χ4n) is 4.81. The Kier molecular flexibility index (Phi) is 9.82.